The first-order valence-electron chi connectivity index (χ1n) is 7.53. The van der Waals surface area contributed by atoms with Gasteiger partial charge in [0.05, 0.1) is 6.61 Å². The van der Waals surface area contributed by atoms with Crippen molar-refractivity contribution in [1.82, 2.24) is 10.2 Å². The summed E-state index contributed by atoms with van der Waals surface area (Å²) in [5, 5.41) is 3.27. The SMILES string of the molecule is CCCC(C)N(C)CCC(C)(NCC)C(=O)OCC. The summed E-state index contributed by atoms with van der Waals surface area (Å²) < 4.78 is 5.18. The second-order valence-electron chi connectivity index (χ2n) is 5.45. The highest BCUT2D eigenvalue weighted by atomic mass is 16.5. The normalized spacial score (nSPS) is 16.2. The molecule has 0 radical (unpaired) electrons. The van der Waals surface area contributed by atoms with Gasteiger partial charge in [0.25, 0.3) is 0 Å². The van der Waals surface area contributed by atoms with E-state index in [1.54, 1.807) is 0 Å². The Morgan fingerprint density at radius 3 is 2.47 bits per heavy atom. The highest BCUT2D eigenvalue weighted by Crippen LogP contribution is 2.15. The average Bonchev–Trinajstić information content (AvgIpc) is 2.36. The molecule has 19 heavy (non-hydrogen) atoms. The maximum Gasteiger partial charge on any atom is 0.326 e. The zero-order chi connectivity index (χ0) is 14.9. The summed E-state index contributed by atoms with van der Waals surface area (Å²) in [5.41, 5.74) is -0.578. The molecule has 2 atom stereocenters. The van der Waals surface area contributed by atoms with Crippen molar-refractivity contribution in [2.45, 2.75) is 65.5 Å². The zero-order valence-electron chi connectivity index (χ0n) is 13.6. The van der Waals surface area contributed by atoms with Gasteiger partial charge in [0.1, 0.15) is 5.54 Å². The third kappa shape index (κ3) is 6.39. The number of nitrogens with zero attached hydrogens (tertiary/aromatic N) is 1. The third-order valence-corrected chi connectivity index (χ3v) is 3.72. The molecule has 1 N–H and O–H groups in total. The number of esters is 1. The maximum atomic E-state index is 12.1. The first-order valence-corrected chi connectivity index (χ1v) is 7.53. The first-order chi connectivity index (χ1) is 8.91. The second-order valence-corrected chi connectivity index (χ2v) is 5.45. The van der Waals surface area contributed by atoms with E-state index in [0.717, 1.165) is 19.5 Å². The molecule has 0 saturated heterocycles. The van der Waals surface area contributed by atoms with Crippen LogP contribution in [0, 0.1) is 0 Å². The molecule has 0 aromatic rings. The van der Waals surface area contributed by atoms with Crippen molar-refractivity contribution in [2.75, 3.05) is 26.7 Å². The van der Waals surface area contributed by atoms with Gasteiger partial charge in [0.2, 0.25) is 0 Å². The summed E-state index contributed by atoms with van der Waals surface area (Å²) in [6.45, 7) is 12.3. The Hall–Kier alpha value is -0.610. The minimum atomic E-state index is -0.578. The quantitative estimate of drug-likeness (QED) is 0.620. The van der Waals surface area contributed by atoms with Crippen molar-refractivity contribution >= 4 is 5.97 Å². The summed E-state index contributed by atoms with van der Waals surface area (Å²) in [4.78, 5) is 14.4. The molecule has 0 fully saturated rings. The Morgan fingerprint density at radius 1 is 1.37 bits per heavy atom. The van der Waals surface area contributed by atoms with E-state index in [4.69, 9.17) is 4.74 Å². The molecule has 0 bridgehead atoms. The summed E-state index contributed by atoms with van der Waals surface area (Å²) in [7, 11) is 2.12. The Bertz CT molecular complexity index is 259. The molecule has 0 aromatic heterocycles. The highest BCUT2D eigenvalue weighted by Gasteiger charge is 2.33. The first kappa shape index (κ1) is 18.4. The van der Waals surface area contributed by atoms with E-state index < -0.39 is 5.54 Å². The van der Waals surface area contributed by atoms with Crippen LogP contribution in [0.4, 0.5) is 0 Å². The van der Waals surface area contributed by atoms with Gasteiger partial charge in [-0.1, -0.05) is 20.3 Å². The Morgan fingerprint density at radius 2 is 2.00 bits per heavy atom. The van der Waals surface area contributed by atoms with Crippen LogP contribution < -0.4 is 5.32 Å². The third-order valence-electron chi connectivity index (χ3n) is 3.72. The lowest BCUT2D eigenvalue weighted by molar-refractivity contribution is -0.151. The molecule has 4 heteroatoms. The molecule has 0 spiro atoms. The van der Waals surface area contributed by atoms with Gasteiger partial charge >= 0.3 is 5.97 Å². The minimum absolute atomic E-state index is 0.145. The van der Waals surface area contributed by atoms with Crippen LogP contribution in [0.3, 0.4) is 0 Å². The zero-order valence-corrected chi connectivity index (χ0v) is 13.6. The van der Waals surface area contributed by atoms with Crippen LogP contribution in [0.25, 0.3) is 0 Å². The van der Waals surface area contributed by atoms with Gasteiger partial charge in [-0.05, 0) is 47.2 Å². The van der Waals surface area contributed by atoms with Crippen LogP contribution in [0.15, 0.2) is 0 Å². The molecule has 0 saturated carbocycles. The van der Waals surface area contributed by atoms with E-state index in [1.807, 2.05) is 20.8 Å². The number of hydrogen-bond donors (Lipinski definition) is 1. The van der Waals surface area contributed by atoms with E-state index in [2.05, 4.69) is 31.1 Å². The van der Waals surface area contributed by atoms with E-state index in [0.29, 0.717) is 12.6 Å². The molecule has 0 aliphatic carbocycles. The van der Waals surface area contributed by atoms with Crippen molar-refractivity contribution in [3.8, 4) is 0 Å². The predicted octanol–water partition coefficient (Wildman–Crippen LogP) is 2.43. The number of likely N-dealkylation sites (N-methyl/N-ethyl adjacent to an activating group) is 1. The largest absolute Gasteiger partial charge is 0.465 e. The predicted molar refractivity (Wildman–Crippen MR) is 80.3 cm³/mol. The van der Waals surface area contributed by atoms with Gasteiger partial charge in [-0.15, -0.1) is 0 Å². The summed E-state index contributed by atoms with van der Waals surface area (Å²) in [5.74, 6) is -0.145. The van der Waals surface area contributed by atoms with Gasteiger partial charge in [0, 0.05) is 12.6 Å². The number of rotatable bonds is 10. The monoisotopic (exact) mass is 272 g/mol. The van der Waals surface area contributed by atoms with E-state index in [9.17, 15) is 4.79 Å². The summed E-state index contributed by atoms with van der Waals surface area (Å²) in [6.07, 6.45) is 3.14. The fourth-order valence-corrected chi connectivity index (χ4v) is 2.20. The topological polar surface area (TPSA) is 41.6 Å². The molecule has 2 unspecified atom stereocenters. The molecule has 4 nitrogen and oxygen atoms in total. The maximum absolute atomic E-state index is 12.1. The average molecular weight is 272 g/mol. The Balaban J connectivity index is 4.45. The van der Waals surface area contributed by atoms with E-state index >= 15 is 0 Å². The molecule has 0 aliphatic rings. The van der Waals surface area contributed by atoms with Gasteiger partial charge in [-0.25, -0.2) is 0 Å². The highest BCUT2D eigenvalue weighted by molar-refractivity contribution is 5.80. The van der Waals surface area contributed by atoms with Crippen LogP contribution in [-0.4, -0.2) is 49.2 Å². The number of hydrogen-bond acceptors (Lipinski definition) is 4. The molecule has 0 aromatic carbocycles. The van der Waals surface area contributed by atoms with Crippen molar-refractivity contribution in [3.63, 3.8) is 0 Å². The summed E-state index contributed by atoms with van der Waals surface area (Å²) in [6, 6.07) is 0.554. The molecule has 114 valence electrons. The van der Waals surface area contributed by atoms with Crippen LogP contribution in [-0.2, 0) is 9.53 Å². The van der Waals surface area contributed by atoms with Gasteiger partial charge in [-0.3, -0.25) is 4.79 Å². The molecule has 0 aliphatic heterocycles. The van der Waals surface area contributed by atoms with Crippen molar-refractivity contribution < 1.29 is 9.53 Å². The fourth-order valence-electron chi connectivity index (χ4n) is 2.20. The lowest BCUT2D eigenvalue weighted by atomic mass is 9.97. The molecule has 0 amide bonds. The lowest BCUT2D eigenvalue weighted by Crippen LogP contribution is -2.52. The Kier molecular flexibility index (Phi) is 9.02. The molecule has 0 heterocycles. The second kappa shape index (κ2) is 9.32. The molecular formula is C15H32N2O2. The van der Waals surface area contributed by atoms with Crippen molar-refractivity contribution in [3.05, 3.63) is 0 Å². The van der Waals surface area contributed by atoms with Crippen LogP contribution in [0.5, 0.6) is 0 Å². The van der Waals surface area contributed by atoms with Gasteiger partial charge in [-0.2, -0.15) is 0 Å². The standard InChI is InChI=1S/C15H32N2O2/c1-7-10-13(4)17(6)12-11-15(5,16-8-2)14(18)19-9-3/h13,16H,7-12H2,1-6H3. The number of ether oxygens (including phenoxy) is 1. The fraction of sp³-hybridized carbons (Fsp3) is 0.933. The smallest absolute Gasteiger partial charge is 0.326 e. The summed E-state index contributed by atoms with van der Waals surface area (Å²) >= 11 is 0. The van der Waals surface area contributed by atoms with Gasteiger partial charge < -0.3 is 15.0 Å². The van der Waals surface area contributed by atoms with Crippen molar-refractivity contribution in [2.24, 2.45) is 0 Å². The lowest BCUT2D eigenvalue weighted by Gasteiger charge is -2.32. The Labute approximate surface area is 118 Å². The molecular weight excluding hydrogens is 240 g/mol. The number of carbonyl (C=O) groups excluding carboxylic acids is 1. The van der Waals surface area contributed by atoms with Crippen LogP contribution >= 0.6 is 0 Å². The van der Waals surface area contributed by atoms with Crippen LogP contribution in [0.2, 0.25) is 0 Å². The molecule has 0 rings (SSSR count). The van der Waals surface area contributed by atoms with E-state index in [-0.39, 0.29) is 5.97 Å². The van der Waals surface area contributed by atoms with Gasteiger partial charge in [0.15, 0.2) is 0 Å². The number of nitrogens with one attached hydrogen (secondary N) is 1. The minimum Gasteiger partial charge on any atom is -0.465 e. The van der Waals surface area contributed by atoms with Crippen LogP contribution in [0.1, 0.15) is 53.9 Å². The number of carbonyl (C=O) groups is 1. The van der Waals surface area contributed by atoms with Crippen molar-refractivity contribution in [1.29, 1.82) is 0 Å². The van der Waals surface area contributed by atoms with E-state index in [1.165, 1.54) is 12.8 Å².